The van der Waals surface area contributed by atoms with Crippen molar-refractivity contribution in [3.8, 4) is 5.75 Å². The molecule has 0 aliphatic carbocycles. The van der Waals surface area contributed by atoms with Gasteiger partial charge >= 0.3 is 5.97 Å². The summed E-state index contributed by atoms with van der Waals surface area (Å²) in [5.74, 6) is -0.697. The predicted octanol–water partition coefficient (Wildman–Crippen LogP) is 3.85. The van der Waals surface area contributed by atoms with Crippen LogP contribution < -0.4 is 9.64 Å². The Kier molecular flexibility index (Phi) is 4.83. The Hall–Kier alpha value is -3.93. The van der Waals surface area contributed by atoms with E-state index in [1.807, 2.05) is 12.1 Å². The molecular weight excluding hydrogens is 370 g/mol. The molecule has 0 saturated carbocycles. The van der Waals surface area contributed by atoms with Crippen molar-refractivity contribution < 1.29 is 23.9 Å². The first-order valence-corrected chi connectivity index (χ1v) is 8.96. The number of carbonyl (C=O) groups is 3. The van der Waals surface area contributed by atoms with Crippen molar-refractivity contribution in [3.63, 3.8) is 0 Å². The SMILES string of the molecule is COc1cccc(COC(=O)c2cccc(N3C(=O)c4ccccc4C3=O)c2)c1. The zero-order chi connectivity index (χ0) is 20.4. The van der Waals surface area contributed by atoms with Gasteiger partial charge in [0.25, 0.3) is 11.8 Å². The van der Waals surface area contributed by atoms with Crippen LogP contribution in [0, 0.1) is 0 Å². The highest BCUT2D eigenvalue weighted by Gasteiger charge is 2.36. The molecule has 0 N–H and O–H groups in total. The summed E-state index contributed by atoms with van der Waals surface area (Å²) in [4.78, 5) is 38.8. The van der Waals surface area contributed by atoms with Crippen LogP contribution in [0.1, 0.15) is 36.6 Å². The number of rotatable bonds is 5. The molecule has 1 aliphatic heterocycles. The van der Waals surface area contributed by atoms with Crippen molar-refractivity contribution >= 4 is 23.5 Å². The molecule has 1 heterocycles. The summed E-state index contributed by atoms with van der Waals surface area (Å²) in [5.41, 5.74) is 2.06. The van der Waals surface area contributed by atoms with E-state index in [2.05, 4.69) is 0 Å². The molecule has 0 bridgehead atoms. The van der Waals surface area contributed by atoms with Gasteiger partial charge in [0, 0.05) is 0 Å². The predicted molar refractivity (Wildman–Crippen MR) is 106 cm³/mol. The molecular formula is C23H17NO5. The molecule has 0 aromatic heterocycles. The highest BCUT2D eigenvalue weighted by atomic mass is 16.5. The van der Waals surface area contributed by atoms with Gasteiger partial charge in [0.1, 0.15) is 12.4 Å². The average Bonchev–Trinajstić information content (AvgIpc) is 3.02. The fraction of sp³-hybridized carbons (Fsp3) is 0.0870. The first kappa shape index (κ1) is 18.4. The fourth-order valence-electron chi connectivity index (χ4n) is 3.19. The number of nitrogens with zero attached hydrogens (tertiary/aromatic N) is 1. The lowest BCUT2D eigenvalue weighted by Crippen LogP contribution is -2.29. The number of methoxy groups -OCH3 is 1. The topological polar surface area (TPSA) is 72.9 Å². The van der Waals surface area contributed by atoms with Crippen LogP contribution in [0.3, 0.4) is 0 Å². The first-order chi connectivity index (χ1) is 14.1. The normalized spacial score (nSPS) is 12.7. The lowest BCUT2D eigenvalue weighted by molar-refractivity contribution is 0.0472. The lowest BCUT2D eigenvalue weighted by Gasteiger charge is -2.15. The van der Waals surface area contributed by atoms with E-state index in [4.69, 9.17) is 9.47 Å². The second kappa shape index (κ2) is 7.59. The summed E-state index contributed by atoms with van der Waals surface area (Å²) in [6.45, 7) is 0.0767. The Labute approximate surface area is 167 Å². The fourth-order valence-corrected chi connectivity index (χ4v) is 3.19. The van der Waals surface area contributed by atoms with Crippen LogP contribution >= 0.6 is 0 Å². The second-order valence-electron chi connectivity index (χ2n) is 6.47. The number of amides is 2. The van der Waals surface area contributed by atoms with Crippen LogP contribution in [0.15, 0.2) is 72.8 Å². The molecule has 4 rings (SSSR count). The maximum absolute atomic E-state index is 12.6. The number of hydrogen-bond acceptors (Lipinski definition) is 5. The molecule has 3 aromatic rings. The van der Waals surface area contributed by atoms with E-state index >= 15 is 0 Å². The van der Waals surface area contributed by atoms with Crippen molar-refractivity contribution in [2.75, 3.05) is 12.0 Å². The molecule has 0 atom stereocenters. The molecule has 0 fully saturated rings. The van der Waals surface area contributed by atoms with Gasteiger partial charge in [-0.3, -0.25) is 9.59 Å². The van der Waals surface area contributed by atoms with Crippen molar-refractivity contribution in [1.82, 2.24) is 0 Å². The van der Waals surface area contributed by atoms with Gasteiger partial charge in [0.2, 0.25) is 0 Å². The van der Waals surface area contributed by atoms with Gasteiger partial charge in [-0.25, -0.2) is 9.69 Å². The zero-order valence-electron chi connectivity index (χ0n) is 15.6. The summed E-state index contributed by atoms with van der Waals surface area (Å²) in [6.07, 6.45) is 0. The molecule has 0 radical (unpaired) electrons. The number of carbonyl (C=O) groups excluding carboxylic acids is 3. The molecule has 144 valence electrons. The van der Waals surface area contributed by atoms with Crippen LogP contribution in [-0.2, 0) is 11.3 Å². The molecule has 2 amide bonds. The second-order valence-corrected chi connectivity index (χ2v) is 6.47. The van der Waals surface area contributed by atoms with E-state index < -0.39 is 17.8 Å². The molecule has 0 spiro atoms. The minimum absolute atomic E-state index is 0.0767. The third-order valence-electron chi connectivity index (χ3n) is 4.64. The largest absolute Gasteiger partial charge is 0.497 e. The van der Waals surface area contributed by atoms with Crippen molar-refractivity contribution in [1.29, 1.82) is 0 Å². The molecule has 1 aliphatic rings. The van der Waals surface area contributed by atoms with Crippen molar-refractivity contribution in [2.45, 2.75) is 6.61 Å². The maximum Gasteiger partial charge on any atom is 0.338 e. The standard InChI is InChI=1S/C23H17NO5/c1-28-18-9-4-6-15(12-18)14-29-23(27)16-7-5-8-17(13-16)24-21(25)19-10-2-3-11-20(19)22(24)26/h2-13H,14H2,1H3. The summed E-state index contributed by atoms with van der Waals surface area (Å²) in [6, 6.07) is 20.1. The van der Waals surface area contributed by atoms with Crippen LogP contribution in [0.2, 0.25) is 0 Å². The smallest absolute Gasteiger partial charge is 0.338 e. The number of hydrogen-bond donors (Lipinski definition) is 0. The number of esters is 1. The maximum atomic E-state index is 12.6. The zero-order valence-corrected chi connectivity index (χ0v) is 15.6. The van der Waals surface area contributed by atoms with Gasteiger partial charge in [-0.2, -0.15) is 0 Å². The summed E-state index contributed by atoms with van der Waals surface area (Å²) in [7, 11) is 1.57. The van der Waals surface area contributed by atoms with E-state index in [9.17, 15) is 14.4 Å². The Morgan fingerprint density at radius 1 is 0.862 bits per heavy atom. The number of ether oxygens (including phenoxy) is 2. The van der Waals surface area contributed by atoms with Crippen molar-refractivity contribution in [3.05, 3.63) is 95.1 Å². The minimum Gasteiger partial charge on any atom is -0.497 e. The highest BCUT2D eigenvalue weighted by Crippen LogP contribution is 2.29. The Morgan fingerprint density at radius 3 is 2.24 bits per heavy atom. The minimum atomic E-state index is -0.550. The van der Waals surface area contributed by atoms with Crippen LogP contribution in [0.5, 0.6) is 5.75 Å². The summed E-state index contributed by atoms with van der Waals surface area (Å²) < 4.78 is 10.5. The molecule has 6 heteroatoms. The van der Waals surface area contributed by atoms with E-state index in [-0.39, 0.29) is 12.2 Å². The van der Waals surface area contributed by atoms with Crippen LogP contribution in [0.4, 0.5) is 5.69 Å². The van der Waals surface area contributed by atoms with Gasteiger partial charge in [0.15, 0.2) is 0 Å². The van der Waals surface area contributed by atoms with Gasteiger partial charge in [-0.05, 0) is 48.0 Å². The van der Waals surface area contributed by atoms with Gasteiger partial charge in [-0.1, -0.05) is 30.3 Å². The Bertz CT molecular complexity index is 1090. The number of imide groups is 1. The quantitative estimate of drug-likeness (QED) is 0.491. The Balaban J connectivity index is 1.52. The van der Waals surface area contributed by atoms with Gasteiger partial charge in [0.05, 0.1) is 29.5 Å². The molecule has 0 unspecified atom stereocenters. The number of fused-ring (bicyclic) bond motifs is 1. The van der Waals surface area contributed by atoms with Gasteiger partial charge in [-0.15, -0.1) is 0 Å². The third-order valence-corrected chi connectivity index (χ3v) is 4.64. The molecule has 6 nitrogen and oxygen atoms in total. The molecule has 0 saturated heterocycles. The summed E-state index contributed by atoms with van der Waals surface area (Å²) in [5, 5.41) is 0. The van der Waals surface area contributed by atoms with Crippen molar-refractivity contribution in [2.24, 2.45) is 0 Å². The highest BCUT2D eigenvalue weighted by molar-refractivity contribution is 6.34. The number of benzene rings is 3. The van der Waals surface area contributed by atoms with Gasteiger partial charge < -0.3 is 9.47 Å². The lowest BCUT2D eigenvalue weighted by atomic mass is 10.1. The summed E-state index contributed by atoms with van der Waals surface area (Å²) >= 11 is 0. The average molecular weight is 387 g/mol. The molecule has 29 heavy (non-hydrogen) atoms. The van der Waals surface area contributed by atoms with E-state index in [1.165, 1.54) is 6.07 Å². The first-order valence-electron chi connectivity index (χ1n) is 8.96. The van der Waals surface area contributed by atoms with E-state index in [0.29, 0.717) is 22.6 Å². The Morgan fingerprint density at radius 2 is 1.55 bits per heavy atom. The number of anilines is 1. The van der Waals surface area contributed by atoms with Crippen LogP contribution in [-0.4, -0.2) is 24.9 Å². The monoisotopic (exact) mass is 387 g/mol. The van der Waals surface area contributed by atoms with E-state index in [0.717, 1.165) is 10.5 Å². The van der Waals surface area contributed by atoms with E-state index in [1.54, 1.807) is 61.7 Å². The third kappa shape index (κ3) is 3.48. The van der Waals surface area contributed by atoms with Crippen LogP contribution in [0.25, 0.3) is 0 Å². The molecule has 3 aromatic carbocycles.